The van der Waals surface area contributed by atoms with E-state index in [9.17, 15) is 9.59 Å². The molecule has 1 fully saturated rings. The van der Waals surface area contributed by atoms with Gasteiger partial charge in [-0.3, -0.25) is 9.89 Å². The second-order valence-corrected chi connectivity index (χ2v) is 7.80. The number of piperazine rings is 1. The zero-order valence-electron chi connectivity index (χ0n) is 19.0. The van der Waals surface area contributed by atoms with E-state index in [1.807, 2.05) is 18.5 Å². The highest BCUT2D eigenvalue weighted by molar-refractivity contribution is 5.89. The standard InChI is InChI=1S/C20H26N6.C4H4O4/c1-2-6-18-17(5-1)19(7-11-22-18)21-10-4-12-25-13-15-26(16-14-25)20-23-8-3-9-24-20;5-3(6)1-2-4(7)8/h1-3,5-6,8-9,21H,4,7,10-16H2;1-2H,(H,5,6)(H,7,8). The molecule has 0 amide bonds. The number of hydrogen-bond acceptors (Lipinski definition) is 8. The zero-order valence-corrected chi connectivity index (χ0v) is 19.0. The molecule has 1 saturated heterocycles. The molecular formula is C24H30N6O4. The molecule has 4 rings (SSSR count). The second-order valence-electron chi connectivity index (χ2n) is 7.80. The minimum atomic E-state index is -1.26. The Labute approximate surface area is 198 Å². The van der Waals surface area contributed by atoms with Gasteiger partial charge in [-0.05, 0) is 25.1 Å². The van der Waals surface area contributed by atoms with Crippen LogP contribution in [0.2, 0.25) is 0 Å². The van der Waals surface area contributed by atoms with Crippen LogP contribution in [0.25, 0.3) is 5.70 Å². The van der Waals surface area contributed by atoms with Crippen molar-refractivity contribution in [1.82, 2.24) is 20.2 Å². The molecule has 34 heavy (non-hydrogen) atoms. The van der Waals surface area contributed by atoms with E-state index in [4.69, 9.17) is 10.2 Å². The molecule has 10 heteroatoms. The summed E-state index contributed by atoms with van der Waals surface area (Å²) in [5, 5.41) is 21.7. The lowest BCUT2D eigenvalue weighted by molar-refractivity contribution is -0.134. The SMILES string of the molecule is O=C(O)C=CC(=O)O.c1cnc(N2CCN(CCCNC3=c4ccccc4=NCC3)CC2)nc1. The highest BCUT2D eigenvalue weighted by Crippen LogP contribution is 2.09. The van der Waals surface area contributed by atoms with Gasteiger partial charge in [0.05, 0.1) is 5.36 Å². The number of aliphatic carboxylic acids is 2. The van der Waals surface area contributed by atoms with E-state index in [1.165, 1.54) is 10.9 Å². The Morgan fingerprint density at radius 3 is 2.32 bits per heavy atom. The topological polar surface area (TPSA) is 131 Å². The molecule has 180 valence electrons. The van der Waals surface area contributed by atoms with Crippen LogP contribution in [-0.4, -0.2) is 82.8 Å². The van der Waals surface area contributed by atoms with Crippen molar-refractivity contribution in [3.63, 3.8) is 0 Å². The van der Waals surface area contributed by atoms with Crippen LogP contribution in [0.3, 0.4) is 0 Å². The van der Waals surface area contributed by atoms with Gasteiger partial charge in [0.2, 0.25) is 5.95 Å². The molecule has 0 unspecified atom stereocenters. The number of carbonyl (C=O) groups is 2. The molecule has 1 aromatic carbocycles. The number of nitrogens with zero attached hydrogens (tertiary/aromatic N) is 5. The molecule has 2 aliphatic rings. The summed E-state index contributed by atoms with van der Waals surface area (Å²) in [7, 11) is 0. The van der Waals surface area contributed by atoms with Gasteiger partial charge in [0.25, 0.3) is 0 Å². The third kappa shape index (κ3) is 7.96. The molecule has 0 saturated carbocycles. The molecule has 3 N–H and O–H groups in total. The van der Waals surface area contributed by atoms with Gasteiger partial charge in [-0.1, -0.05) is 18.2 Å². The third-order valence-corrected chi connectivity index (χ3v) is 5.44. The summed E-state index contributed by atoms with van der Waals surface area (Å²) >= 11 is 0. The number of aromatic nitrogens is 2. The van der Waals surface area contributed by atoms with Crippen molar-refractivity contribution in [1.29, 1.82) is 0 Å². The number of nitrogens with one attached hydrogen (secondary N) is 1. The average molecular weight is 467 g/mol. The Balaban J connectivity index is 0.000000350. The lowest BCUT2D eigenvalue weighted by Gasteiger charge is -2.34. The van der Waals surface area contributed by atoms with Gasteiger partial charge in [-0.2, -0.15) is 0 Å². The first-order chi connectivity index (χ1) is 16.5. The first kappa shape index (κ1) is 24.8. The number of carboxylic acid groups (broad SMARTS) is 2. The number of benzene rings is 1. The molecule has 0 spiro atoms. The van der Waals surface area contributed by atoms with Crippen LogP contribution in [0.4, 0.5) is 5.95 Å². The molecule has 0 radical (unpaired) electrons. The Hall–Kier alpha value is -3.79. The van der Waals surface area contributed by atoms with E-state index in [0.717, 1.165) is 70.0 Å². The Bertz CT molecular complexity index is 1080. The van der Waals surface area contributed by atoms with Gasteiger partial charge in [-0.25, -0.2) is 19.6 Å². The van der Waals surface area contributed by atoms with Gasteiger partial charge >= 0.3 is 11.9 Å². The smallest absolute Gasteiger partial charge is 0.328 e. The predicted octanol–water partition coefficient (Wildman–Crippen LogP) is 0.122. The number of hydrogen-bond donors (Lipinski definition) is 3. The summed E-state index contributed by atoms with van der Waals surface area (Å²) in [4.78, 5) is 37.2. The van der Waals surface area contributed by atoms with Gasteiger partial charge in [-0.15, -0.1) is 0 Å². The molecule has 3 heterocycles. The first-order valence-electron chi connectivity index (χ1n) is 11.3. The van der Waals surface area contributed by atoms with E-state index in [2.05, 4.69) is 54.3 Å². The quantitative estimate of drug-likeness (QED) is 0.367. The van der Waals surface area contributed by atoms with E-state index >= 15 is 0 Å². The van der Waals surface area contributed by atoms with Crippen molar-refractivity contribution >= 4 is 23.6 Å². The predicted molar refractivity (Wildman–Crippen MR) is 128 cm³/mol. The van der Waals surface area contributed by atoms with Gasteiger partial charge in [0.15, 0.2) is 0 Å². The monoisotopic (exact) mass is 466 g/mol. The number of fused-ring (bicyclic) bond motifs is 1. The fourth-order valence-corrected chi connectivity index (χ4v) is 3.78. The maximum Gasteiger partial charge on any atom is 0.328 e. The fraction of sp³-hybridized carbons (Fsp3) is 0.375. The average Bonchev–Trinajstić information content (AvgIpc) is 2.87. The first-order valence-corrected chi connectivity index (χ1v) is 11.3. The summed E-state index contributed by atoms with van der Waals surface area (Å²) in [5.74, 6) is -1.66. The minimum Gasteiger partial charge on any atom is -0.478 e. The van der Waals surface area contributed by atoms with Crippen molar-refractivity contribution in [2.75, 3.05) is 50.7 Å². The van der Waals surface area contributed by atoms with Crippen LogP contribution in [0, 0.1) is 0 Å². The summed E-state index contributed by atoms with van der Waals surface area (Å²) in [6.45, 7) is 7.21. The van der Waals surface area contributed by atoms with E-state index in [-0.39, 0.29) is 0 Å². The van der Waals surface area contributed by atoms with Crippen molar-refractivity contribution in [2.24, 2.45) is 4.99 Å². The molecule has 2 aliphatic heterocycles. The second kappa shape index (κ2) is 13.0. The molecule has 10 nitrogen and oxygen atoms in total. The molecular weight excluding hydrogens is 436 g/mol. The molecule has 0 atom stereocenters. The van der Waals surface area contributed by atoms with Gasteiger partial charge < -0.3 is 20.4 Å². The molecule has 0 bridgehead atoms. The van der Waals surface area contributed by atoms with E-state index in [1.54, 1.807) is 0 Å². The van der Waals surface area contributed by atoms with Gasteiger partial charge in [0, 0.05) is 81.2 Å². The molecule has 2 aromatic rings. The Morgan fingerprint density at radius 2 is 1.65 bits per heavy atom. The molecule has 1 aromatic heterocycles. The lowest BCUT2D eigenvalue weighted by Crippen LogP contribution is -2.47. The van der Waals surface area contributed by atoms with Crippen LogP contribution in [0.15, 0.2) is 59.9 Å². The summed E-state index contributed by atoms with van der Waals surface area (Å²) < 4.78 is 0. The summed E-state index contributed by atoms with van der Waals surface area (Å²) in [6.07, 6.45) is 6.92. The Kier molecular flexibility index (Phi) is 9.53. The maximum atomic E-state index is 9.55. The summed E-state index contributed by atoms with van der Waals surface area (Å²) in [6, 6.07) is 10.3. The van der Waals surface area contributed by atoms with Gasteiger partial charge in [0.1, 0.15) is 0 Å². The number of para-hydroxylation sites is 1. The highest BCUT2D eigenvalue weighted by Gasteiger charge is 2.18. The minimum absolute atomic E-state index is 0.558. The van der Waals surface area contributed by atoms with Crippen molar-refractivity contribution < 1.29 is 19.8 Å². The van der Waals surface area contributed by atoms with E-state index < -0.39 is 11.9 Å². The van der Waals surface area contributed by atoms with Crippen LogP contribution < -0.4 is 20.8 Å². The van der Waals surface area contributed by atoms with Crippen molar-refractivity contribution in [2.45, 2.75) is 12.8 Å². The summed E-state index contributed by atoms with van der Waals surface area (Å²) in [5.41, 5.74) is 1.35. The Morgan fingerprint density at radius 1 is 0.971 bits per heavy atom. The number of anilines is 1. The third-order valence-electron chi connectivity index (χ3n) is 5.44. The normalized spacial score (nSPS) is 15.6. The molecule has 0 aliphatic carbocycles. The largest absolute Gasteiger partial charge is 0.478 e. The number of rotatable bonds is 8. The van der Waals surface area contributed by atoms with Crippen molar-refractivity contribution in [3.05, 3.63) is 65.5 Å². The fourth-order valence-electron chi connectivity index (χ4n) is 3.78. The van der Waals surface area contributed by atoms with Crippen LogP contribution in [0.1, 0.15) is 12.8 Å². The zero-order chi connectivity index (χ0) is 24.2. The van der Waals surface area contributed by atoms with Crippen LogP contribution >= 0.6 is 0 Å². The van der Waals surface area contributed by atoms with E-state index in [0.29, 0.717) is 12.2 Å². The highest BCUT2D eigenvalue weighted by atomic mass is 16.4. The lowest BCUT2D eigenvalue weighted by atomic mass is 10.1. The van der Waals surface area contributed by atoms with Crippen molar-refractivity contribution in [3.8, 4) is 0 Å². The maximum absolute atomic E-state index is 9.55. The number of carboxylic acids is 2. The van der Waals surface area contributed by atoms with Crippen LogP contribution in [0.5, 0.6) is 0 Å². The van der Waals surface area contributed by atoms with Crippen LogP contribution in [-0.2, 0) is 9.59 Å².